The Balaban J connectivity index is 1.84. The first-order valence-electron chi connectivity index (χ1n) is 6.89. The second kappa shape index (κ2) is 5.81. The van der Waals surface area contributed by atoms with Crippen LogP contribution in [0.5, 0.6) is 0 Å². The van der Waals surface area contributed by atoms with E-state index in [0.29, 0.717) is 17.4 Å². The number of carbonyl (C=O) groups is 1. The van der Waals surface area contributed by atoms with Crippen molar-refractivity contribution < 1.29 is 9.53 Å². The number of rotatable bonds is 4. The van der Waals surface area contributed by atoms with Gasteiger partial charge in [0.15, 0.2) is 0 Å². The molecule has 21 heavy (non-hydrogen) atoms. The standard InChI is InChI=1S/C14H15Cl2N3O2/c1-2-21-13(20)10-7-3-4-8(5-7)11(10)18-12-9(15)6-17-14(16)19-12/h3-4,6-8,10-11H,2,5H2,1H3,(H,17,18,19). The molecule has 1 saturated carbocycles. The predicted octanol–water partition coefficient (Wildman–Crippen LogP) is 2.95. The summed E-state index contributed by atoms with van der Waals surface area (Å²) in [6.45, 7) is 2.19. The Morgan fingerprint density at radius 2 is 2.19 bits per heavy atom. The smallest absolute Gasteiger partial charge is 0.311 e. The number of aromatic nitrogens is 2. The van der Waals surface area contributed by atoms with Crippen LogP contribution in [0, 0.1) is 17.8 Å². The number of hydrogen-bond donors (Lipinski definition) is 1. The molecule has 4 unspecified atom stereocenters. The molecule has 0 aromatic carbocycles. The lowest BCUT2D eigenvalue weighted by atomic mass is 9.89. The fourth-order valence-electron chi connectivity index (χ4n) is 3.18. The number of hydrogen-bond acceptors (Lipinski definition) is 5. The summed E-state index contributed by atoms with van der Waals surface area (Å²) in [5, 5.41) is 3.75. The first-order chi connectivity index (χ1) is 10.1. The van der Waals surface area contributed by atoms with Crippen LogP contribution in [-0.4, -0.2) is 28.6 Å². The minimum Gasteiger partial charge on any atom is -0.466 e. The highest BCUT2D eigenvalue weighted by molar-refractivity contribution is 6.33. The van der Waals surface area contributed by atoms with Crippen molar-refractivity contribution in [2.24, 2.45) is 17.8 Å². The maximum absolute atomic E-state index is 12.2. The number of nitrogens with one attached hydrogen (secondary N) is 1. The number of ether oxygens (including phenoxy) is 1. The van der Waals surface area contributed by atoms with E-state index in [0.717, 1.165) is 6.42 Å². The SMILES string of the molecule is CCOC(=O)C1C2C=CC(C2)C1Nc1nc(Cl)ncc1Cl. The lowest BCUT2D eigenvalue weighted by Crippen LogP contribution is -2.39. The Bertz CT molecular complexity index is 594. The van der Waals surface area contributed by atoms with Crippen molar-refractivity contribution >= 4 is 35.0 Å². The summed E-state index contributed by atoms with van der Waals surface area (Å²) in [4.78, 5) is 20.1. The molecule has 7 heteroatoms. The minimum atomic E-state index is -0.218. The molecule has 0 aliphatic heterocycles. The summed E-state index contributed by atoms with van der Waals surface area (Å²) in [5.74, 6) is 0.543. The maximum Gasteiger partial charge on any atom is 0.311 e. The molecule has 1 aromatic rings. The van der Waals surface area contributed by atoms with Crippen molar-refractivity contribution in [3.63, 3.8) is 0 Å². The first-order valence-corrected chi connectivity index (χ1v) is 7.65. The number of anilines is 1. The molecule has 2 bridgehead atoms. The fraction of sp³-hybridized carbons (Fsp3) is 0.500. The van der Waals surface area contributed by atoms with E-state index >= 15 is 0 Å². The molecule has 2 aliphatic carbocycles. The van der Waals surface area contributed by atoms with Gasteiger partial charge in [0.05, 0.1) is 18.7 Å². The number of allylic oxidation sites excluding steroid dienone is 1. The highest BCUT2D eigenvalue weighted by Crippen LogP contribution is 2.45. The molecule has 112 valence electrons. The van der Waals surface area contributed by atoms with Crippen LogP contribution in [0.15, 0.2) is 18.3 Å². The fourth-order valence-corrected chi connectivity index (χ4v) is 3.46. The third kappa shape index (κ3) is 2.72. The van der Waals surface area contributed by atoms with Crippen LogP contribution in [0.2, 0.25) is 10.3 Å². The normalized spacial score (nSPS) is 29.7. The van der Waals surface area contributed by atoms with Gasteiger partial charge < -0.3 is 10.1 Å². The number of nitrogens with zero attached hydrogens (tertiary/aromatic N) is 2. The molecular weight excluding hydrogens is 313 g/mol. The summed E-state index contributed by atoms with van der Waals surface area (Å²) in [7, 11) is 0. The van der Waals surface area contributed by atoms with Gasteiger partial charge in [-0.1, -0.05) is 23.8 Å². The average Bonchev–Trinajstić information content (AvgIpc) is 3.04. The van der Waals surface area contributed by atoms with Gasteiger partial charge in [-0.15, -0.1) is 0 Å². The van der Waals surface area contributed by atoms with Gasteiger partial charge in [0.1, 0.15) is 10.8 Å². The van der Waals surface area contributed by atoms with Gasteiger partial charge in [0.2, 0.25) is 5.28 Å². The molecular formula is C14H15Cl2N3O2. The van der Waals surface area contributed by atoms with Gasteiger partial charge in [-0.2, -0.15) is 4.98 Å². The first kappa shape index (κ1) is 14.6. The number of carbonyl (C=O) groups excluding carboxylic acids is 1. The van der Waals surface area contributed by atoms with Gasteiger partial charge in [0, 0.05) is 6.04 Å². The van der Waals surface area contributed by atoms with E-state index in [1.807, 2.05) is 6.92 Å². The van der Waals surface area contributed by atoms with Crippen molar-refractivity contribution in [3.8, 4) is 0 Å². The van der Waals surface area contributed by atoms with Crippen LogP contribution >= 0.6 is 23.2 Å². The van der Waals surface area contributed by atoms with E-state index in [-0.39, 0.29) is 35.0 Å². The predicted molar refractivity (Wildman–Crippen MR) is 80.3 cm³/mol. The molecule has 5 nitrogen and oxygen atoms in total. The van der Waals surface area contributed by atoms with E-state index in [2.05, 4.69) is 27.4 Å². The third-order valence-corrected chi connectivity index (χ3v) is 4.49. The van der Waals surface area contributed by atoms with Crippen LogP contribution in [0.1, 0.15) is 13.3 Å². The average molecular weight is 328 g/mol. The molecule has 0 spiro atoms. The van der Waals surface area contributed by atoms with E-state index in [1.54, 1.807) is 0 Å². The summed E-state index contributed by atoms with van der Waals surface area (Å²) in [5.41, 5.74) is 0. The van der Waals surface area contributed by atoms with Crippen LogP contribution in [-0.2, 0) is 9.53 Å². The molecule has 2 aliphatic rings. The van der Waals surface area contributed by atoms with Crippen molar-refractivity contribution in [2.45, 2.75) is 19.4 Å². The zero-order valence-corrected chi connectivity index (χ0v) is 12.9. The van der Waals surface area contributed by atoms with Gasteiger partial charge in [0.25, 0.3) is 0 Å². The second-order valence-electron chi connectivity index (χ2n) is 5.23. The van der Waals surface area contributed by atoms with Crippen LogP contribution in [0.3, 0.4) is 0 Å². The summed E-state index contributed by atoms with van der Waals surface area (Å²) in [6.07, 6.45) is 6.62. The largest absolute Gasteiger partial charge is 0.466 e. The van der Waals surface area contributed by atoms with Crippen LogP contribution in [0.4, 0.5) is 5.82 Å². The van der Waals surface area contributed by atoms with Crippen LogP contribution < -0.4 is 5.32 Å². The summed E-state index contributed by atoms with van der Waals surface area (Å²) >= 11 is 11.9. The van der Waals surface area contributed by atoms with Gasteiger partial charge in [-0.3, -0.25) is 4.79 Å². The zero-order chi connectivity index (χ0) is 15.0. The molecule has 1 heterocycles. The zero-order valence-electron chi connectivity index (χ0n) is 11.4. The summed E-state index contributed by atoms with van der Waals surface area (Å²) in [6, 6.07) is -0.0810. The number of esters is 1. The van der Waals surface area contributed by atoms with E-state index in [4.69, 9.17) is 27.9 Å². The molecule has 1 N–H and O–H groups in total. The highest BCUT2D eigenvalue weighted by atomic mass is 35.5. The minimum absolute atomic E-state index is 0.0810. The molecule has 0 saturated heterocycles. The van der Waals surface area contributed by atoms with Gasteiger partial charge in [-0.05, 0) is 36.8 Å². The van der Waals surface area contributed by atoms with Crippen molar-refractivity contribution in [1.29, 1.82) is 0 Å². The van der Waals surface area contributed by atoms with Gasteiger partial charge in [-0.25, -0.2) is 4.98 Å². The highest BCUT2D eigenvalue weighted by Gasteiger charge is 2.49. The maximum atomic E-state index is 12.2. The number of fused-ring (bicyclic) bond motifs is 2. The van der Waals surface area contributed by atoms with Crippen LogP contribution in [0.25, 0.3) is 0 Å². The Morgan fingerprint density at radius 3 is 2.95 bits per heavy atom. The lowest BCUT2D eigenvalue weighted by Gasteiger charge is -2.27. The Labute approximate surface area is 132 Å². The molecule has 0 radical (unpaired) electrons. The molecule has 4 atom stereocenters. The Hall–Kier alpha value is -1.33. The van der Waals surface area contributed by atoms with Crippen molar-refractivity contribution in [2.75, 3.05) is 11.9 Å². The number of halogens is 2. The topological polar surface area (TPSA) is 64.1 Å². The molecule has 1 fully saturated rings. The Morgan fingerprint density at radius 1 is 1.43 bits per heavy atom. The van der Waals surface area contributed by atoms with Crippen molar-refractivity contribution in [1.82, 2.24) is 9.97 Å². The van der Waals surface area contributed by atoms with E-state index in [9.17, 15) is 4.79 Å². The lowest BCUT2D eigenvalue weighted by molar-refractivity contribution is -0.149. The molecule has 3 rings (SSSR count). The molecule has 0 amide bonds. The third-order valence-electron chi connectivity index (χ3n) is 4.04. The summed E-state index contributed by atoms with van der Waals surface area (Å²) < 4.78 is 5.20. The Kier molecular flexibility index (Phi) is 4.04. The second-order valence-corrected chi connectivity index (χ2v) is 5.98. The quantitative estimate of drug-likeness (QED) is 0.523. The van der Waals surface area contributed by atoms with E-state index < -0.39 is 0 Å². The van der Waals surface area contributed by atoms with Gasteiger partial charge >= 0.3 is 5.97 Å². The van der Waals surface area contributed by atoms with E-state index in [1.165, 1.54) is 6.20 Å². The van der Waals surface area contributed by atoms with Crippen molar-refractivity contribution in [3.05, 3.63) is 28.7 Å². The molecule has 1 aromatic heterocycles. The monoisotopic (exact) mass is 327 g/mol.